The molecule has 8 nitrogen and oxygen atoms in total. The Labute approximate surface area is 180 Å². The Morgan fingerprint density at radius 2 is 1.12 bits per heavy atom. The summed E-state index contributed by atoms with van der Waals surface area (Å²) in [5, 5.41) is 9.78. The van der Waals surface area contributed by atoms with Crippen molar-refractivity contribution in [3.05, 3.63) is 105 Å². The van der Waals surface area contributed by atoms with Gasteiger partial charge in [0, 0.05) is 27.8 Å². The fraction of sp³-hybridized carbons (Fsp3) is 0.0417. The number of hydrogen-bond donors (Lipinski definition) is 1. The number of esters is 3. The molecular weight excluding hydrogens is 416 g/mol. The van der Waals surface area contributed by atoms with Crippen LogP contribution in [0.1, 0.15) is 74.8 Å². The molecule has 32 heavy (non-hydrogen) atoms. The maximum absolute atomic E-state index is 12.8. The van der Waals surface area contributed by atoms with Crippen LogP contribution in [0.2, 0.25) is 0 Å². The number of fused-ring (bicyclic) bond motifs is 2. The minimum atomic E-state index is -1.41. The smallest absolute Gasteiger partial charge is 0.346 e. The molecule has 0 fully saturated rings. The lowest BCUT2D eigenvalue weighted by atomic mass is 9.95. The lowest BCUT2D eigenvalue weighted by molar-refractivity contribution is -0.0548. The minimum absolute atomic E-state index is 0.0360. The van der Waals surface area contributed by atoms with Gasteiger partial charge < -0.3 is 14.6 Å². The minimum Gasteiger partial charge on any atom is -0.428 e. The Morgan fingerprint density at radius 1 is 0.625 bits per heavy atom. The largest absolute Gasteiger partial charge is 0.428 e. The van der Waals surface area contributed by atoms with E-state index in [1.807, 2.05) is 0 Å². The molecule has 0 bridgehead atoms. The highest BCUT2D eigenvalue weighted by Gasteiger charge is 2.31. The lowest BCUT2D eigenvalue weighted by Gasteiger charge is -2.06. The first-order valence-electron chi connectivity index (χ1n) is 9.46. The quantitative estimate of drug-likeness (QED) is 0.382. The predicted octanol–water partition coefficient (Wildman–Crippen LogP) is 2.62. The standard InChI is InChI=1S/C24H12O8/c25-19(13-5-7-15-17(9-13)23(29)31-21(15)27)11-1-2-12(4-3-11)20(26)14-6-8-16-18(10-14)24(30)32-22(16)28/h1-10,23,29H. The van der Waals surface area contributed by atoms with Crippen molar-refractivity contribution in [2.45, 2.75) is 6.29 Å². The molecule has 0 aromatic heterocycles. The number of rotatable bonds is 4. The van der Waals surface area contributed by atoms with Gasteiger partial charge in [-0.2, -0.15) is 0 Å². The van der Waals surface area contributed by atoms with Gasteiger partial charge in [-0.1, -0.05) is 36.4 Å². The van der Waals surface area contributed by atoms with Gasteiger partial charge in [0.2, 0.25) is 6.29 Å². The zero-order valence-corrected chi connectivity index (χ0v) is 16.2. The van der Waals surface area contributed by atoms with Crippen LogP contribution in [0, 0.1) is 0 Å². The fourth-order valence-corrected chi connectivity index (χ4v) is 3.66. The van der Waals surface area contributed by atoms with Gasteiger partial charge in [0.05, 0.1) is 16.7 Å². The number of hydrogen-bond acceptors (Lipinski definition) is 8. The number of ether oxygens (including phenoxy) is 2. The molecule has 1 N–H and O–H groups in total. The molecule has 3 aromatic carbocycles. The van der Waals surface area contributed by atoms with Crippen LogP contribution in [0.5, 0.6) is 0 Å². The number of carbonyl (C=O) groups excluding carboxylic acids is 5. The number of cyclic esters (lactones) is 3. The number of carbonyl (C=O) groups is 5. The van der Waals surface area contributed by atoms with E-state index in [0.29, 0.717) is 5.56 Å². The van der Waals surface area contributed by atoms with E-state index in [9.17, 15) is 29.1 Å². The Hall–Kier alpha value is -4.43. The number of aliphatic hydroxyl groups excluding tert-OH is 1. The monoisotopic (exact) mass is 428 g/mol. The van der Waals surface area contributed by atoms with Crippen LogP contribution >= 0.6 is 0 Å². The van der Waals surface area contributed by atoms with E-state index in [-0.39, 0.29) is 44.7 Å². The van der Waals surface area contributed by atoms with Crippen molar-refractivity contribution in [3.63, 3.8) is 0 Å². The molecule has 0 saturated carbocycles. The molecule has 1 atom stereocenters. The van der Waals surface area contributed by atoms with Gasteiger partial charge in [0.25, 0.3) is 0 Å². The third-order valence-corrected chi connectivity index (χ3v) is 5.33. The molecule has 8 heteroatoms. The summed E-state index contributed by atoms with van der Waals surface area (Å²) in [4.78, 5) is 60.5. The Bertz CT molecular complexity index is 1370. The van der Waals surface area contributed by atoms with Crippen LogP contribution in [-0.2, 0) is 9.47 Å². The first-order chi connectivity index (χ1) is 15.3. The van der Waals surface area contributed by atoms with Crippen LogP contribution in [-0.4, -0.2) is 34.6 Å². The Balaban J connectivity index is 1.40. The fourth-order valence-electron chi connectivity index (χ4n) is 3.66. The molecule has 0 aliphatic carbocycles. The summed E-state index contributed by atoms with van der Waals surface area (Å²) in [6, 6.07) is 14.3. The molecule has 0 spiro atoms. The molecule has 3 aromatic rings. The van der Waals surface area contributed by atoms with E-state index in [4.69, 9.17) is 4.74 Å². The molecule has 0 amide bonds. The van der Waals surface area contributed by atoms with Gasteiger partial charge in [-0.15, -0.1) is 0 Å². The molecule has 0 saturated heterocycles. The average Bonchev–Trinajstić information content (AvgIpc) is 3.26. The van der Waals surface area contributed by atoms with Crippen LogP contribution in [0.4, 0.5) is 0 Å². The summed E-state index contributed by atoms with van der Waals surface area (Å²) in [5.74, 6) is -2.96. The van der Waals surface area contributed by atoms with E-state index in [1.165, 1.54) is 60.7 Å². The molecular formula is C24H12O8. The SMILES string of the molecule is O=C(c1ccc(C(=O)c2ccc3c(c2)C(O)OC3=O)cc1)c1ccc2c(c1)C(=O)OC2=O. The lowest BCUT2D eigenvalue weighted by Crippen LogP contribution is -2.06. The normalized spacial score (nSPS) is 16.3. The topological polar surface area (TPSA) is 124 Å². The van der Waals surface area contributed by atoms with E-state index in [1.54, 1.807) is 0 Å². The Kier molecular flexibility index (Phi) is 4.31. The van der Waals surface area contributed by atoms with Gasteiger partial charge in [0.1, 0.15) is 0 Å². The zero-order valence-electron chi connectivity index (χ0n) is 16.2. The summed E-state index contributed by atoms with van der Waals surface area (Å²) in [5.41, 5.74) is 1.60. The maximum atomic E-state index is 12.8. The van der Waals surface area contributed by atoms with Gasteiger partial charge in [0.15, 0.2) is 11.6 Å². The van der Waals surface area contributed by atoms with E-state index < -0.39 is 30.0 Å². The van der Waals surface area contributed by atoms with Gasteiger partial charge in [-0.05, 0) is 24.3 Å². The first kappa shape index (κ1) is 19.5. The average molecular weight is 428 g/mol. The summed E-state index contributed by atoms with van der Waals surface area (Å²) in [6.45, 7) is 0. The van der Waals surface area contributed by atoms with Crippen molar-refractivity contribution >= 4 is 29.5 Å². The maximum Gasteiger partial charge on any atom is 0.346 e. The number of ketones is 2. The summed E-state index contributed by atoms with van der Waals surface area (Å²) >= 11 is 0. The van der Waals surface area contributed by atoms with Crippen molar-refractivity contribution in [1.29, 1.82) is 0 Å². The summed E-state index contributed by atoms with van der Waals surface area (Å²) < 4.78 is 9.24. The highest BCUT2D eigenvalue weighted by molar-refractivity contribution is 6.17. The zero-order chi connectivity index (χ0) is 22.6. The molecule has 2 aliphatic rings. The highest BCUT2D eigenvalue weighted by atomic mass is 16.6. The number of benzene rings is 3. The van der Waals surface area contributed by atoms with Gasteiger partial charge in [-0.25, -0.2) is 14.4 Å². The summed E-state index contributed by atoms with van der Waals surface area (Å²) in [7, 11) is 0. The van der Waals surface area contributed by atoms with Crippen molar-refractivity contribution in [3.8, 4) is 0 Å². The molecule has 2 aliphatic heterocycles. The van der Waals surface area contributed by atoms with Crippen LogP contribution in [0.3, 0.4) is 0 Å². The van der Waals surface area contributed by atoms with Crippen LogP contribution in [0.25, 0.3) is 0 Å². The van der Waals surface area contributed by atoms with Gasteiger partial charge in [-0.3, -0.25) is 9.59 Å². The van der Waals surface area contributed by atoms with E-state index in [2.05, 4.69) is 4.74 Å². The number of aliphatic hydroxyl groups is 1. The summed E-state index contributed by atoms with van der Waals surface area (Å²) in [6.07, 6.45) is -1.41. The second-order valence-corrected chi connectivity index (χ2v) is 7.23. The first-order valence-corrected chi connectivity index (χ1v) is 9.46. The van der Waals surface area contributed by atoms with Crippen molar-refractivity contribution in [2.24, 2.45) is 0 Å². The molecule has 5 rings (SSSR count). The van der Waals surface area contributed by atoms with Crippen LogP contribution in [0.15, 0.2) is 60.7 Å². The van der Waals surface area contributed by atoms with Crippen molar-refractivity contribution in [1.82, 2.24) is 0 Å². The molecule has 156 valence electrons. The predicted molar refractivity (Wildman–Crippen MR) is 106 cm³/mol. The van der Waals surface area contributed by atoms with E-state index in [0.717, 1.165) is 0 Å². The third-order valence-electron chi connectivity index (χ3n) is 5.33. The van der Waals surface area contributed by atoms with Crippen molar-refractivity contribution < 1.29 is 38.6 Å². The van der Waals surface area contributed by atoms with Crippen molar-refractivity contribution in [2.75, 3.05) is 0 Å². The van der Waals surface area contributed by atoms with Crippen LogP contribution < -0.4 is 0 Å². The molecule has 2 heterocycles. The third kappa shape index (κ3) is 3.01. The second kappa shape index (κ2) is 7.07. The second-order valence-electron chi connectivity index (χ2n) is 7.23. The highest BCUT2D eigenvalue weighted by Crippen LogP contribution is 2.30. The Morgan fingerprint density at radius 3 is 1.75 bits per heavy atom. The van der Waals surface area contributed by atoms with E-state index >= 15 is 0 Å². The molecule has 1 unspecified atom stereocenters. The van der Waals surface area contributed by atoms with Gasteiger partial charge >= 0.3 is 17.9 Å². The molecule has 0 radical (unpaired) electrons.